The van der Waals surface area contributed by atoms with Gasteiger partial charge >= 0.3 is 8.25 Å². The molecule has 17 nitrogen and oxygen atoms in total. The van der Waals surface area contributed by atoms with Crippen molar-refractivity contribution in [2.45, 2.75) is 227 Å². The fraction of sp³-hybridized carbons (Fsp3) is 0.871. The molecule has 466 valence electrons. The minimum Gasteiger partial charge on any atom is -0.490 e. The molecule has 0 saturated heterocycles. The van der Waals surface area contributed by atoms with E-state index in [1.54, 1.807) is 0 Å². The largest absolute Gasteiger partial charge is 0.694 e. The summed E-state index contributed by atoms with van der Waals surface area (Å²) in [6.07, 6.45) is 40.4. The van der Waals surface area contributed by atoms with Crippen LogP contribution in [0.25, 0.3) is 0 Å². The van der Waals surface area contributed by atoms with Crippen molar-refractivity contribution in [2.24, 2.45) is 0 Å². The summed E-state index contributed by atoms with van der Waals surface area (Å²) in [5.41, 5.74) is 1.79. The number of rotatable bonds is 65. The quantitative estimate of drug-likeness (QED) is 0.0488. The standard InChI is InChI=1S/C62H114N3O14P/c1-4-7-10-13-16-19-22-25-28-31-34-76-60-53-58(54-61(77-35-32-29-26-23-20-17-14-11-8-5-2)62(60)78-36-33-30-27-24-21-18-15-12-9-6-3)55-65-56-59(63-64-65)57-75-50-49-73-46-45-71-42-41-69-38-37-68-39-40-70-43-44-72-47-48-74-51-52-79-80(66)67/h53-54,56H,4-52,55,57H2,1-3H3/p+1. The first-order valence-corrected chi connectivity index (χ1v) is 33.1. The van der Waals surface area contributed by atoms with Crippen molar-refractivity contribution in [1.29, 1.82) is 0 Å². The van der Waals surface area contributed by atoms with Gasteiger partial charge in [-0.15, -0.1) is 14.5 Å². The number of ether oxygens (including phenoxy) is 11. The Morgan fingerprint density at radius 3 is 1.02 bits per heavy atom. The lowest BCUT2D eigenvalue weighted by atomic mass is 10.1. The van der Waals surface area contributed by atoms with Gasteiger partial charge in [-0.2, -0.15) is 0 Å². The third-order valence-electron chi connectivity index (χ3n) is 13.5. The van der Waals surface area contributed by atoms with Crippen molar-refractivity contribution in [3.05, 3.63) is 29.6 Å². The molecule has 80 heavy (non-hydrogen) atoms. The minimum absolute atomic E-state index is 0.0695. The van der Waals surface area contributed by atoms with Crippen LogP contribution >= 0.6 is 8.25 Å². The Hall–Kier alpha value is -2.54. The minimum atomic E-state index is -2.58. The maximum absolute atomic E-state index is 10.4. The topological polar surface area (TPSA) is 179 Å². The van der Waals surface area contributed by atoms with Crippen LogP contribution in [0.1, 0.15) is 225 Å². The van der Waals surface area contributed by atoms with Gasteiger partial charge in [-0.25, -0.2) is 4.68 Å². The van der Waals surface area contributed by atoms with E-state index in [1.165, 1.54) is 173 Å². The van der Waals surface area contributed by atoms with Crippen LogP contribution in [0.2, 0.25) is 0 Å². The summed E-state index contributed by atoms with van der Waals surface area (Å²) in [6, 6.07) is 4.24. The van der Waals surface area contributed by atoms with Crippen LogP contribution in [0, 0.1) is 0 Å². The second-order valence-electron chi connectivity index (χ2n) is 20.8. The van der Waals surface area contributed by atoms with Gasteiger partial charge in [0.2, 0.25) is 5.75 Å². The van der Waals surface area contributed by atoms with Gasteiger partial charge in [0.25, 0.3) is 0 Å². The number of unbranched alkanes of at least 4 members (excludes halogenated alkanes) is 27. The van der Waals surface area contributed by atoms with E-state index in [2.05, 4.69) is 47.7 Å². The summed E-state index contributed by atoms with van der Waals surface area (Å²) in [4.78, 5) is 8.54. The van der Waals surface area contributed by atoms with Crippen molar-refractivity contribution in [1.82, 2.24) is 15.0 Å². The van der Waals surface area contributed by atoms with Gasteiger partial charge in [-0.05, 0) is 37.0 Å². The Kier molecular flexibility index (Phi) is 53.6. The normalized spacial score (nSPS) is 11.8. The number of nitrogens with zero attached hydrogens (tertiary/aromatic N) is 3. The van der Waals surface area contributed by atoms with Crippen LogP contribution in [0.3, 0.4) is 0 Å². The van der Waals surface area contributed by atoms with Crippen LogP contribution in [-0.4, -0.2) is 145 Å². The monoisotopic (exact) mass is 1160 g/mol. The highest BCUT2D eigenvalue weighted by atomic mass is 31.1. The molecule has 1 atom stereocenters. The van der Waals surface area contributed by atoms with Crippen LogP contribution in [0.4, 0.5) is 0 Å². The molecule has 1 aromatic heterocycles. The lowest BCUT2D eigenvalue weighted by Crippen LogP contribution is -2.15. The van der Waals surface area contributed by atoms with Crippen LogP contribution < -0.4 is 14.2 Å². The SMILES string of the molecule is CCCCCCCCCCCCOc1cc(Cn2cc(COCCOCCOCCOCCOCCOCCOCCOCCO[P+](=O)O)nn2)cc(OCCCCCCCCCCCC)c1OCCCCCCCCCCCC. The van der Waals surface area contributed by atoms with Gasteiger partial charge in [-0.1, -0.05) is 199 Å². The molecule has 0 amide bonds. The molecular weight excluding hydrogens is 1040 g/mol. The van der Waals surface area contributed by atoms with Gasteiger partial charge < -0.3 is 52.1 Å². The van der Waals surface area contributed by atoms with E-state index in [9.17, 15) is 4.57 Å². The summed E-state index contributed by atoms with van der Waals surface area (Å²) in [7, 11) is -2.58. The average Bonchev–Trinajstić information content (AvgIpc) is 3.92. The average molecular weight is 1160 g/mol. The Labute approximate surface area is 486 Å². The molecule has 0 aliphatic heterocycles. The van der Waals surface area contributed by atoms with E-state index in [0.717, 1.165) is 47.8 Å². The Morgan fingerprint density at radius 1 is 0.388 bits per heavy atom. The van der Waals surface area contributed by atoms with Crippen molar-refractivity contribution < 1.29 is 66.1 Å². The van der Waals surface area contributed by atoms with Crippen LogP contribution in [0.15, 0.2) is 18.3 Å². The van der Waals surface area contributed by atoms with Crippen LogP contribution in [-0.2, 0) is 60.1 Å². The molecule has 0 radical (unpaired) electrons. The second kappa shape index (κ2) is 58.2. The van der Waals surface area contributed by atoms with Crippen LogP contribution in [0.5, 0.6) is 17.2 Å². The molecular formula is C62H115N3O14P+. The van der Waals surface area contributed by atoms with Crippen molar-refractivity contribution >= 4 is 8.25 Å². The molecule has 0 spiro atoms. The van der Waals surface area contributed by atoms with E-state index in [-0.39, 0.29) is 13.2 Å². The highest BCUT2D eigenvalue weighted by molar-refractivity contribution is 7.32. The number of benzene rings is 1. The van der Waals surface area contributed by atoms with Gasteiger partial charge in [0.15, 0.2) is 11.5 Å². The molecule has 1 heterocycles. The number of hydrogen-bond donors (Lipinski definition) is 1. The first-order valence-electron chi connectivity index (χ1n) is 31.9. The highest BCUT2D eigenvalue weighted by Gasteiger charge is 2.18. The first-order chi connectivity index (χ1) is 39.6. The Bertz CT molecular complexity index is 1580. The first kappa shape index (κ1) is 73.6. The molecule has 18 heteroatoms. The zero-order valence-electron chi connectivity index (χ0n) is 50.8. The number of hydrogen-bond acceptors (Lipinski definition) is 15. The summed E-state index contributed by atoms with van der Waals surface area (Å²) in [6.45, 7) is 16.3. The van der Waals surface area contributed by atoms with Gasteiger partial charge in [0.1, 0.15) is 12.3 Å². The zero-order valence-corrected chi connectivity index (χ0v) is 51.7. The summed E-state index contributed by atoms with van der Waals surface area (Å²) in [5, 5.41) is 8.88. The maximum Gasteiger partial charge on any atom is 0.694 e. The third-order valence-corrected chi connectivity index (χ3v) is 14.0. The predicted molar refractivity (Wildman–Crippen MR) is 319 cm³/mol. The predicted octanol–water partition coefficient (Wildman–Crippen LogP) is 14.5. The van der Waals surface area contributed by atoms with Crippen molar-refractivity contribution in [3.63, 3.8) is 0 Å². The zero-order chi connectivity index (χ0) is 57.1. The Balaban J connectivity index is 1.78. The van der Waals surface area contributed by atoms with Crippen molar-refractivity contribution in [3.8, 4) is 17.2 Å². The molecule has 0 fully saturated rings. The maximum atomic E-state index is 10.4. The lowest BCUT2D eigenvalue weighted by molar-refractivity contribution is -0.0241. The molecule has 0 aliphatic rings. The summed E-state index contributed by atoms with van der Waals surface area (Å²) < 4.78 is 81.1. The Morgan fingerprint density at radius 2 is 0.688 bits per heavy atom. The van der Waals surface area contributed by atoms with Gasteiger partial charge in [-0.3, -0.25) is 0 Å². The molecule has 2 rings (SSSR count). The fourth-order valence-corrected chi connectivity index (χ4v) is 9.18. The fourth-order valence-electron chi connectivity index (χ4n) is 8.95. The highest BCUT2D eigenvalue weighted by Crippen LogP contribution is 2.40. The van der Waals surface area contributed by atoms with Gasteiger partial charge in [0.05, 0.1) is 138 Å². The molecule has 2 aromatic rings. The van der Waals surface area contributed by atoms with E-state index in [0.29, 0.717) is 125 Å². The van der Waals surface area contributed by atoms with E-state index in [1.807, 2.05) is 10.9 Å². The van der Waals surface area contributed by atoms with E-state index in [4.69, 9.17) is 57.0 Å². The summed E-state index contributed by atoms with van der Waals surface area (Å²) in [5.74, 6) is 2.26. The molecule has 0 bridgehead atoms. The third kappa shape index (κ3) is 46.9. The van der Waals surface area contributed by atoms with E-state index >= 15 is 0 Å². The molecule has 1 N–H and O–H groups in total. The number of aromatic nitrogens is 3. The molecule has 0 saturated carbocycles. The smallest absolute Gasteiger partial charge is 0.490 e. The lowest BCUT2D eigenvalue weighted by Gasteiger charge is -2.19. The van der Waals surface area contributed by atoms with Crippen molar-refractivity contribution in [2.75, 3.05) is 126 Å². The van der Waals surface area contributed by atoms with E-state index < -0.39 is 8.25 Å². The summed E-state index contributed by atoms with van der Waals surface area (Å²) >= 11 is 0. The van der Waals surface area contributed by atoms with Gasteiger partial charge in [0, 0.05) is 4.57 Å². The molecule has 1 unspecified atom stereocenters. The second-order valence-corrected chi connectivity index (χ2v) is 21.6. The molecule has 0 aliphatic carbocycles. The molecule has 1 aromatic carbocycles.